The third kappa shape index (κ3) is 9.16. The molecular formula is C13H28O4S. The molecule has 0 rings (SSSR count). The molecule has 0 fully saturated rings. The van der Waals surface area contributed by atoms with Gasteiger partial charge in [-0.2, -0.15) is 11.8 Å². The van der Waals surface area contributed by atoms with Crippen LogP contribution < -0.4 is 0 Å². The summed E-state index contributed by atoms with van der Waals surface area (Å²) in [7, 11) is 0. The van der Waals surface area contributed by atoms with Gasteiger partial charge in [-0.15, -0.1) is 0 Å². The first-order chi connectivity index (χ1) is 8.63. The molecule has 110 valence electrons. The summed E-state index contributed by atoms with van der Waals surface area (Å²) in [5, 5.41) is 36.8. The van der Waals surface area contributed by atoms with E-state index in [4.69, 9.17) is 10.2 Å². The highest BCUT2D eigenvalue weighted by atomic mass is 32.2. The first-order valence-electron chi connectivity index (χ1n) is 6.86. The normalized spacial score (nSPS) is 16.5. The molecule has 3 atom stereocenters. The fourth-order valence-corrected chi connectivity index (χ4v) is 2.67. The van der Waals surface area contributed by atoms with Crippen molar-refractivity contribution in [2.75, 3.05) is 18.1 Å². The Hall–Kier alpha value is 0.190. The van der Waals surface area contributed by atoms with E-state index in [1.54, 1.807) is 11.8 Å². The van der Waals surface area contributed by atoms with Crippen molar-refractivity contribution in [3.63, 3.8) is 0 Å². The average molecular weight is 280 g/mol. The van der Waals surface area contributed by atoms with Crippen molar-refractivity contribution >= 4 is 11.8 Å². The van der Waals surface area contributed by atoms with Crippen molar-refractivity contribution in [1.29, 1.82) is 0 Å². The van der Waals surface area contributed by atoms with Crippen molar-refractivity contribution in [2.45, 2.75) is 63.8 Å². The third-order valence-corrected chi connectivity index (χ3v) is 4.06. The summed E-state index contributed by atoms with van der Waals surface area (Å²) in [6.45, 7) is 1.67. The molecule has 0 unspecified atom stereocenters. The lowest BCUT2D eigenvalue weighted by Gasteiger charge is -2.21. The molecule has 18 heavy (non-hydrogen) atoms. The van der Waals surface area contributed by atoms with Crippen molar-refractivity contribution < 1.29 is 20.4 Å². The van der Waals surface area contributed by atoms with Crippen LogP contribution in [0, 0.1) is 0 Å². The molecule has 0 aliphatic carbocycles. The largest absolute Gasteiger partial charge is 0.394 e. The molecule has 4 nitrogen and oxygen atoms in total. The van der Waals surface area contributed by atoms with E-state index in [0.29, 0.717) is 5.75 Å². The van der Waals surface area contributed by atoms with Gasteiger partial charge in [-0.05, 0) is 12.2 Å². The maximum atomic E-state index is 9.55. The van der Waals surface area contributed by atoms with E-state index in [-0.39, 0.29) is 0 Å². The van der Waals surface area contributed by atoms with Crippen LogP contribution in [0.2, 0.25) is 0 Å². The Morgan fingerprint density at radius 2 is 1.50 bits per heavy atom. The predicted octanol–water partition coefficient (Wildman–Crippen LogP) is 1.16. The number of unbranched alkanes of at least 4 members (excludes halogenated alkanes) is 5. The minimum absolute atomic E-state index is 0.396. The van der Waals surface area contributed by atoms with Gasteiger partial charge in [0.15, 0.2) is 0 Å². The monoisotopic (exact) mass is 280 g/mol. The van der Waals surface area contributed by atoms with E-state index in [0.717, 1.165) is 12.2 Å². The summed E-state index contributed by atoms with van der Waals surface area (Å²) < 4.78 is 0. The quantitative estimate of drug-likeness (QED) is 0.403. The Labute approximate surface area is 114 Å². The van der Waals surface area contributed by atoms with Crippen molar-refractivity contribution in [2.24, 2.45) is 0 Å². The zero-order chi connectivity index (χ0) is 13.8. The first-order valence-corrected chi connectivity index (χ1v) is 8.01. The van der Waals surface area contributed by atoms with Crippen LogP contribution in [0.4, 0.5) is 0 Å². The molecule has 0 aromatic heterocycles. The second kappa shape index (κ2) is 12.2. The van der Waals surface area contributed by atoms with Crippen molar-refractivity contribution in [1.82, 2.24) is 0 Å². The number of hydrogen-bond acceptors (Lipinski definition) is 5. The average Bonchev–Trinajstić information content (AvgIpc) is 2.39. The molecule has 0 amide bonds. The molecule has 0 aromatic carbocycles. The van der Waals surface area contributed by atoms with Gasteiger partial charge in [-0.1, -0.05) is 39.0 Å². The van der Waals surface area contributed by atoms with Crippen LogP contribution in [0.3, 0.4) is 0 Å². The Bertz CT molecular complexity index is 180. The van der Waals surface area contributed by atoms with Gasteiger partial charge in [-0.3, -0.25) is 0 Å². The molecule has 0 saturated carbocycles. The lowest BCUT2D eigenvalue weighted by molar-refractivity contribution is -0.0683. The number of hydrogen-bond donors (Lipinski definition) is 4. The van der Waals surface area contributed by atoms with Crippen LogP contribution in [0.1, 0.15) is 45.4 Å². The second-order valence-electron chi connectivity index (χ2n) is 4.65. The molecule has 0 spiro atoms. The summed E-state index contributed by atoms with van der Waals surface area (Å²) in [6, 6.07) is 0. The van der Waals surface area contributed by atoms with E-state index in [2.05, 4.69) is 6.92 Å². The Balaban J connectivity index is 3.37. The zero-order valence-corrected chi connectivity index (χ0v) is 12.1. The standard InChI is InChI=1S/C13H28O4S/c1-2-3-4-5-6-7-8-18-10-12(16)13(17)11(15)9-14/h11-17H,2-10H2,1H3/t11-,12-,13+/m0/s1. The van der Waals surface area contributed by atoms with E-state index in [9.17, 15) is 10.2 Å². The molecule has 0 aliphatic heterocycles. The first kappa shape index (κ1) is 18.2. The van der Waals surface area contributed by atoms with Gasteiger partial charge in [-0.25, -0.2) is 0 Å². The molecular weight excluding hydrogens is 252 g/mol. The van der Waals surface area contributed by atoms with Gasteiger partial charge in [0.05, 0.1) is 12.7 Å². The lowest BCUT2D eigenvalue weighted by atomic mass is 10.1. The van der Waals surface area contributed by atoms with Gasteiger partial charge in [0.2, 0.25) is 0 Å². The molecule has 0 aromatic rings. The van der Waals surface area contributed by atoms with Crippen LogP contribution in [-0.4, -0.2) is 56.9 Å². The summed E-state index contributed by atoms with van der Waals surface area (Å²) in [4.78, 5) is 0. The van der Waals surface area contributed by atoms with Crippen molar-refractivity contribution in [3.8, 4) is 0 Å². The SMILES string of the molecule is CCCCCCCCSC[C@H](O)[C@H](O)[C@@H](O)CO. The fraction of sp³-hybridized carbons (Fsp3) is 1.00. The smallest absolute Gasteiger partial charge is 0.109 e. The highest BCUT2D eigenvalue weighted by Crippen LogP contribution is 2.12. The van der Waals surface area contributed by atoms with Crippen molar-refractivity contribution in [3.05, 3.63) is 0 Å². The van der Waals surface area contributed by atoms with Crippen LogP contribution >= 0.6 is 11.8 Å². The van der Waals surface area contributed by atoms with E-state index in [1.165, 1.54) is 32.1 Å². The summed E-state index contributed by atoms with van der Waals surface area (Å²) in [6.07, 6.45) is 3.97. The summed E-state index contributed by atoms with van der Waals surface area (Å²) in [5.74, 6) is 1.36. The Kier molecular flexibility index (Phi) is 12.4. The molecule has 0 bridgehead atoms. The maximum absolute atomic E-state index is 9.55. The minimum Gasteiger partial charge on any atom is -0.394 e. The van der Waals surface area contributed by atoms with E-state index < -0.39 is 24.9 Å². The molecule has 4 N–H and O–H groups in total. The molecule has 0 aliphatic rings. The molecule has 0 saturated heterocycles. The zero-order valence-electron chi connectivity index (χ0n) is 11.3. The van der Waals surface area contributed by atoms with Crippen LogP contribution in [0.5, 0.6) is 0 Å². The van der Waals surface area contributed by atoms with Gasteiger partial charge in [0.25, 0.3) is 0 Å². The number of rotatable bonds is 12. The topological polar surface area (TPSA) is 80.9 Å². The van der Waals surface area contributed by atoms with E-state index >= 15 is 0 Å². The predicted molar refractivity (Wildman–Crippen MR) is 75.8 cm³/mol. The molecule has 0 heterocycles. The number of aliphatic hydroxyl groups excluding tert-OH is 4. The van der Waals surface area contributed by atoms with Crippen LogP contribution in [0.15, 0.2) is 0 Å². The van der Waals surface area contributed by atoms with Gasteiger partial charge < -0.3 is 20.4 Å². The van der Waals surface area contributed by atoms with Gasteiger partial charge >= 0.3 is 0 Å². The van der Waals surface area contributed by atoms with Gasteiger partial charge in [0, 0.05) is 5.75 Å². The number of thioether (sulfide) groups is 1. The number of aliphatic hydroxyl groups is 4. The van der Waals surface area contributed by atoms with Crippen LogP contribution in [-0.2, 0) is 0 Å². The molecule has 0 radical (unpaired) electrons. The fourth-order valence-electron chi connectivity index (χ4n) is 1.65. The highest BCUT2D eigenvalue weighted by molar-refractivity contribution is 7.99. The highest BCUT2D eigenvalue weighted by Gasteiger charge is 2.23. The second-order valence-corrected chi connectivity index (χ2v) is 5.80. The summed E-state index contributed by atoms with van der Waals surface area (Å²) in [5.41, 5.74) is 0. The maximum Gasteiger partial charge on any atom is 0.109 e. The van der Waals surface area contributed by atoms with Gasteiger partial charge in [0.1, 0.15) is 12.2 Å². The molecule has 5 heteroatoms. The Morgan fingerprint density at radius 1 is 0.889 bits per heavy atom. The lowest BCUT2D eigenvalue weighted by Crippen LogP contribution is -2.40. The minimum atomic E-state index is -1.26. The van der Waals surface area contributed by atoms with Crippen LogP contribution in [0.25, 0.3) is 0 Å². The van der Waals surface area contributed by atoms with E-state index in [1.807, 2.05) is 0 Å². The Morgan fingerprint density at radius 3 is 2.11 bits per heavy atom. The third-order valence-electron chi connectivity index (χ3n) is 2.91. The summed E-state index contributed by atoms with van der Waals surface area (Å²) >= 11 is 1.58.